The molecule has 1 saturated carbocycles. The molecule has 0 aliphatic heterocycles. The van der Waals surface area contributed by atoms with E-state index in [2.05, 4.69) is 26.8 Å². The van der Waals surface area contributed by atoms with E-state index >= 15 is 0 Å². The zero-order chi connectivity index (χ0) is 22.2. The highest BCUT2D eigenvalue weighted by Crippen LogP contribution is 2.34. The van der Waals surface area contributed by atoms with Gasteiger partial charge in [0.05, 0.1) is 25.1 Å². The first-order valence-electron chi connectivity index (χ1n) is 11.1. The summed E-state index contributed by atoms with van der Waals surface area (Å²) >= 11 is 0. The van der Waals surface area contributed by atoms with Crippen LogP contribution in [0.5, 0.6) is 11.5 Å². The largest absolute Gasteiger partial charge is 0.493 e. The maximum absolute atomic E-state index is 6.33. The van der Waals surface area contributed by atoms with Gasteiger partial charge in [0.15, 0.2) is 17.5 Å². The molecule has 0 spiro atoms. The van der Waals surface area contributed by atoms with Crippen LogP contribution in [0.15, 0.2) is 65.9 Å². The van der Waals surface area contributed by atoms with Crippen molar-refractivity contribution in [3.8, 4) is 17.2 Å². The molecular weight excluding hydrogens is 529 g/mol. The van der Waals surface area contributed by atoms with Gasteiger partial charge in [-0.1, -0.05) is 30.3 Å². The van der Waals surface area contributed by atoms with Crippen LogP contribution in [0, 0.1) is 0 Å². The number of benzene rings is 2. The summed E-state index contributed by atoms with van der Waals surface area (Å²) in [7, 11) is 3.45. The van der Waals surface area contributed by atoms with E-state index in [1.165, 1.54) is 12.8 Å². The predicted molar refractivity (Wildman–Crippen MR) is 142 cm³/mol. The van der Waals surface area contributed by atoms with Crippen LogP contribution in [-0.2, 0) is 13.1 Å². The van der Waals surface area contributed by atoms with Crippen molar-refractivity contribution in [1.82, 2.24) is 20.4 Å². The van der Waals surface area contributed by atoms with Gasteiger partial charge in [-0.25, -0.2) is 4.68 Å². The fourth-order valence-electron chi connectivity index (χ4n) is 3.93. The van der Waals surface area contributed by atoms with Crippen LogP contribution >= 0.6 is 24.0 Å². The highest BCUT2D eigenvalue weighted by Gasteiger charge is 2.20. The Morgan fingerprint density at radius 1 is 1.06 bits per heavy atom. The molecule has 0 unspecified atom stereocenters. The third-order valence-corrected chi connectivity index (χ3v) is 5.65. The molecule has 7 nitrogen and oxygen atoms in total. The van der Waals surface area contributed by atoms with Crippen LogP contribution < -0.4 is 20.1 Å². The average Bonchev–Trinajstić information content (AvgIpc) is 3.53. The number of hydrogen-bond acceptors (Lipinski definition) is 4. The van der Waals surface area contributed by atoms with E-state index in [0.29, 0.717) is 19.0 Å². The molecule has 8 heteroatoms. The molecule has 0 bridgehead atoms. The molecule has 2 aromatic carbocycles. The topological polar surface area (TPSA) is 72.7 Å². The van der Waals surface area contributed by atoms with E-state index in [-0.39, 0.29) is 30.1 Å². The third-order valence-electron chi connectivity index (χ3n) is 5.65. The SMILES string of the molecule is CN=C(NCc1cnn(-c2ccccc2)c1)NCc1cccc(OC)c1OC1CCCC1.I. The molecule has 176 valence electrons. The summed E-state index contributed by atoms with van der Waals surface area (Å²) in [6.45, 7) is 1.21. The van der Waals surface area contributed by atoms with Gasteiger partial charge in [0.2, 0.25) is 0 Å². The Hall–Kier alpha value is -2.75. The van der Waals surface area contributed by atoms with Crippen molar-refractivity contribution in [3.63, 3.8) is 0 Å². The van der Waals surface area contributed by atoms with Gasteiger partial charge < -0.3 is 20.1 Å². The first kappa shape index (κ1) is 24.9. The normalized spacial score (nSPS) is 13.9. The Bertz CT molecular complexity index is 1030. The number of methoxy groups -OCH3 is 1. The fraction of sp³-hybridized carbons (Fsp3) is 0.360. The molecule has 0 amide bonds. The van der Waals surface area contributed by atoms with Crippen molar-refractivity contribution >= 4 is 29.9 Å². The van der Waals surface area contributed by atoms with Crippen LogP contribution in [0.4, 0.5) is 0 Å². The van der Waals surface area contributed by atoms with E-state index in [0.717, 1.165) is 41.2 Å². The van der Waals surface area contributed by atoms with E-state index in [1.807, 2.05) is 59.5 Å². The Kier molecular flexibility index (Phi) is 9.41. The Labute approximate surface area is 212 Å². The van der Waals surface area contributed by atoms with Crippen LogP contribution in [-0.4, -0.2) is 36.0 Å². The van der Waals surface area contributed by atoms with Crippen LogP contribution in [0.2, 0.25) is 0 Å². The number of aliphatic imine (C=N–C) groups is 1. The summed E-state index contributed by atoms with van der Waals surface area (Å²) in [6, 6.07) is 16.1. The molecule has 1 aromatic heterocycles. The number of halogens is 1. The van der Waals surface area contributed by atoms with Crippen molar-refractivity contribution in [3.05, 3.63) is 72.1 Å². The molecule has 1 fully saturated rings. The van der Waals surface area contributed by atoms with E-state index < -0.39 is 0 Å². The first-order chi connectivity index (χ1) is 15.8. The van der Waals surface area contributed by atoms with E-state index in [9.17, 15) is 0 Å². The minimum atomic E-state index is 0. The summed E-state index contributed by atoms with van der Waals surface area (Å²) in [5, 5.41) is 11.2. The van der Waals surface area contributed by atoms with Gasteiger partial charge in [0, 0.05) is 37.5 Å². The fourth-order valence-corrected chi connectivity index (χ4v) is 3.93. The van der Waals surface area contributed by atoms with Crippen LogP contribution in [0.1, 0.15) is 36.8 Å². The zero-order valence-corrected chi connectivity index (χ0v) is 21.5. The summed E-state index contributed by atoms with van der Waals surface area (Å²) in [6.07, 6.45) is 8.81. The van der Waals surface area contributed by atoms with Crippen LogP contribution in [0.3, 0.4) is 0 Å². The molecule has 1 aliphatic rings. The number of guanidine groups is 1. The molecule has 4 rings (SSSR count). The number of nitrogens with zero attached hydrogens (tertiary/aromatic N) is 3. The Morgan fingerprint density at radius 2 is 1.82 bits per heavy atom. The molecule has 3 aromatic rings. The van der Waals surface area contributed by atoms with Gasteiger partial charge in [-0.3, -0.25) is 4.99 Å². The van der Waals surface area contributed by atoms with Gasteiger partial charge in [0.25, 0.3) is 0 Å². The van der Waals surface area contributed by atoms with Crippen molar-refractivity contribution in [2.24, 2.45) is 4.99 Å². The standard InChI is InChI=1S/C25H31N5O2.HI/c1-26-25(27-15-19-16-29-30(18-19)21-10-4-3-5-11-21)28-17-20-9-8-14-23(31-2)24(20)32-22-12-6-7-13-22;/h3-5,8-11,14,16,18,22H,6-7,12-13,15,17H2,1-2H3,(H2,26,27,28);1H. The lowest BCUT2D eigenvalue weighted by Gasteiger charge is -2.20. The van der Waals surface area contributed by atoms with Crippen molar-refractivity contribution < 1.29 is 9.47 Å². The van der Waals surface area contributed by atoms with Gasteiger partial charge in [-0.2, -0.15) is 5.10 Å². The quantitative estimate of drug-likeness (QED) is 0.237. The Morgan fingerprint density at radius 3 is 2.55 bits per heavy atom. The number of ether oxygens (including phenoxy) is 2. The number of rotatable bonds is 8. The summed E-state index contributed by atoms with van der Waals surface area (Å²) in [4.78, 5) is 4.35. The second kappa shape index (κ2) is 12.5. The summed E-state index contributed by atoms with van der Waals surface area (Å²) < 4.78 is 13.8. The van der Waals surface area contributed by atoms with Crippen molar-refractivity contribution in [2.75, 3.05) is 14.2 Å². The lowest BCUT2D eigenvalue weighted by Crippen LogP contribution is -2.36. The Balaban J connectivity index is 0.00000306. The molecule has 0 saturated heterocycles. The average molecular weight is 561 g/mol. The lowest BCUT2D eigenvalue weighted by atomic mass is 10.1. The first-order valence-corrected chi connectivity index (χ1v) is 11.1. The molecule has 33 heavy (non-hydrogen) atoms. The molecule has 1 aliphatic carbocycles. The minimum absolute atomic E-state index is 0. The van der Waals surface area contributed by atoms with Crippen molar-refractivity contribution in [1.29, 1.82) is 0 Å². The lowest BCUT2D eigenvalue weighted by molar-refractivity contribution is 0.198. The molecular formula is C25H32IN5O2. The van der Waals surface area contributed by atoms with Crippen LogP contribution in [0.25, 0.3) is 5.69 Å². The summed E-state index contributed by atoms with van der Waals surface area (Å²) in [5.41, 5.74) is 3.16. The highest BCUT2D eigenvalue weighted by molar-refractivity contribution is 14.0. The number of nitrogens with one attached hydrogen (secondary N) is 2. The number of hydrogen-bond donors (Lipinski definition) is 2. The monoisotopic (exact) mass is 561 g/mol. The smallest absolute Gasteiger partial charge is 0.191 e. The van der Waals surface area contributed by atoms with Crippen molar-refractivity contribution in [2.45, 2.75) is 44.9 Å². The number of para-hydroxylation sites is 2. The molecule has 1 heterocycles. The predicted octanol–water partition coefficient (Wildman–Crippen LogP) is 4.69. The molecule has 2 N–H and O–H groups in total. The second-order valence-electron chi connectivity index (χ2n) is 7.88. The molecule has 0 atom stereocenters. The minimum Gasteiger partial charge on any atom is -0.493 e. The zero-order valence-electron chi connectivity index (χ0n) is 19.2. The highest BCUT2D eigenvalue weighted by atomic mass is 127. The van der Waals surface area contributed by atoms with Gasteiger partial charge in [0.1, 0.15) is 0 Å². The second-order valence-corrected chi connectivity index (χ2v) is 7.88. The number of aromatic nitrogens is 2. The third kappa shape index (κ3) is 6.63. The van der Waals surface area contributed by atoms with Gasteiger partial charge >= 0.3 is 0 Å². The van der Waals surface area contributed by atoms with E-state index in [4.69, 9.17) is 9.47 Å². The summed E-state index contributed by atoms with van der Waals surface area (Å²) in [5.74, 6) is 2.31. The maximum Gasteiger partial charge on any atom is 0.191 e. The van der Waals surface area contributed by atoms with E-state index in [1.54, 1.807) is 14.2 Å². The van der Waals surface area contributed by atoms with Gasteiger partial charge in [-0.05, 0) is 43.9 Å². The molecule has 0 radical (unpaired) electrons. The maximum atomic E-state index is 6.33. The van der Waals surface area contributed by atoms with Gasteiger partial charge in [-0.15, -0.1) is 24.0 Å².